The highest BCUT2D eigenvalue weighted by atomic mass is 79.9. The van der Waals surface area contributed by atoms with E-state index >= 15 is 0 Å². The molecule has 0 atom stereocenters. The van der Waals surface area contributed by atoms with Crippen LogP contribution in [0.1, 0.15) is 24.2 Å². The summed E-state index contributed by atoms with van der Waals surface area (Å²) in [6.45, 7) is 6.13. The Kier molecular flexibility index (Phi) is 5.85. The maximum absolute atomic E-state index is 12.5. The van der Waals surface area contributed by atoms with Crippen LogP contribution >= 0.6 is 15.9 Å². The molecule has 120 valence electrons. The van der Waals surface area contributed by atoms with E-state index in [1.54, 1.807) is 24.1 Å². The number of benzene rings is 1. The second kappa shape index (κ2) is 7.65. The summed E-state index contributed by atoms with van der Waals surface area (Å²) in [5, 5.41) is 0.832. The molecule has 0 saturated heterocycles. The molecule has 2 rings (SSSR count). The lowest BCUT2D eigenvalue weighted by Gasteiger charge is -2.19. The largest absolute Gasteiger partial charge is 0.490 e. The molecule has 0 saturated carbocycles. The Hall–Kier alpha value is -1.53. The van der Waals surface area contributed by atoms with Crippen molar-refractivity contribution in [1.29, 1.82) is 0 Å². The van der Waals surface area contributed by atoms with Gasteiger partial charge in [0.25, 0.3) is 5.91 Å². The van der Waals surface area contributed by atoms with E-state index in [0.29, 0.717) is 47.9 Å². The first-order valence-electron chi connectivity index (χ1n) is 7.24. The first kappa shape index (κ1) is 16.8. The van der Waals surface area contributed by atoms with E-state index in [0.717, 1.165) is 5.39 Å². The van der Waals surface area contributed by atoms with Gasteiger partial charge in [-0.1, -0.05) is 0 Å². The zero-order valence-corrected chi connectivity index (χ0v) is 14.6. The number of halogens is 1. The number of fused-ring (bicyclic) bond motifs is 1. The maximum Gasteiger partial charge on any atom is 0.254 e. The zero-order valence-electron chi connectivity index (χ0n) is 13.0. The first-order chi connectivity index (χ1) is 10.6. The third-order valence-electron chi connectivity index (χ3n) is 3.41. The van der Waals surface area contributed by atoms with Crippen LogP contribution in [0.15, 0.2) is 27.3 Å². The standard InChI is InChI=1S/C16H20BrNO4/c1-4-18(5-2)16(19)11-8-13(21-7-6-20-3)12-10-15(17)22-14(12)9-11/h8-10H,4-7H2,1-3H3. The van der Waals surface area contributed by atoms with Crippen LogP contribution in [0.2, 0.25) is 0 Å². The minimum atomic E-state index is -0.0315. The van der Waals surface area contributed by atoms with Crippen molar-refractivity contribution in [2.24, 2.45) is 0 Å². The monoisotopic (exact) mass is 369 g/mol. The topological polar surface area (TPSA) is 51.9 Å². The van der Waals surface area contributed by atoms with Crippen LogP contribution in [0.5, 0.6) is 5.75 Å². The van der Waals surface area contributed by atoms with Crippen molar-refractivity contribution < 1.29 is 18.7 Å². The summed E-state index contributed by atoms with van der Waals surface area (Å²) in [5.74, 6) is 0.593. The molecule has 0 aliphatic rings. The number of nitrogens with zero attached hydrogens (tertiary/aromatic N) is 1. The van der Waals surface area contributed by atoms with Gasteiger partial charge < -0.3 is 18.8 Å². The van der Waals surface area contributed by atoms with Gasteiger partial charge in [-0.05, 0) is 41.9 Å². The van der Waals surface area contributed by atoms with Gasteiger partial charge in [0.05, 0.1) is 12.0 Å². The fourth-order valence-corrected chi connectivity index (χ4v) is 2.65. The number of furan rings is 1. The lowest BCUT2D eigenvalue weighted by atomic mass is 10.1. The summed E-state index contributed by atoms with van der Waals surface area (Å²) in [7, 11) is 1.62. The third-order valence-corrected chi connectivity index (χ3v) is 3.80. The molecule has 1 amide bonds. The Bertz CT molecular complexity index is 649. The molecule has 1 aromatic heterocycles. The van der Waals surface area contributed by atoms with Gasteiger partial charge >= 0.3 is 0 Å². The molecule has 1 aromatic carbocycles. The van der Waals surface area contributed by atoms with Crippen molar-refractivity contribution in [3.05, 3.63) is 28.4 Å². The second-order valence-electron chi connectivity index (χ2n) is 4.76. The molecule has 0 spiro atoms. The van der Waals surface area contributed by atoms with Crippen molar-refractivity contribution in [2.45, 2.75) is 13.8 Å². The van der Waals surface area contributed by atoms with Gasteiger partial charge in [0.2, 0.25) is 0 Å². The normalized spacial score (nSPS) is 10.9. The molecule has 22 heavy (non-hydrogen) atoms. The van der Waals surface area contributed by atoms with Crippen LogP contribution in [0, 0.1) is 0 Å². The molecule has 0 unspecified atom stereocenters. The van der Waals surface area contributed by atoms with Gasteiger partial charge in [0.15, 0.2) is 4.67 Å². The zero-order chi connectivity index (χ0) is 16.1. The number of hydrogen-bond acceptors (Lipinski definition) is 4. The predicted octanol–water partition coefficient (Wildman–Crippen LogP) is 3.70. The van der Waals surface area contributed by atoms with Crippen molar-refractivity contribution in [1.82, 2.24) is 4.90 Å². The number of hydrogen-bond donors (Lipinski definition) is 0. The lowest BCUT2D eigenvalue weighted by Crippen LogP contribution is -2.30. The Balaban J connectivity index is 2.40. The molecule has 1 heterocycles. The summed E-state index contributed by atoms with van der Waals surface area (Å²) in [4.78, 5) is 14.3. The summed E-state index contributed by atoms with van der Waals surface area (Å²) in [6.07, 6.45) is 0. The number of amides is 1. The average Bonchev–Trinajstić information content (AvgIpc) is 2.88. The first-order valence-corrected chi connectivity index (χ1v) is 8.04. The summed E-state index contributed by atoms with van der Waals surface area (Å²) in [5.41, 5.74) is 1.18. The van der Waals surface area contributed by atoms with E-state index in [1.807, 2.05) is 19.9 Å². The Morgan fingerprint density at radius 1 is 1.23 bits per heavy atom. The molecule has 2 aromatic rings. The highest BCUT2D eigenvalue weighted by molar-refractivity contribution is 9.10. The molecule has 0 N–H and O–H groups in total. The molecule has 0 bridgehead atoms. The van der Waals surface area contributed by atoms with Gasteiger partial charge in [0.1, 0.15) is 17.9 Å². The Morgan fingerprint density at radius 3 is 2.59 bits per heavy atom. The number of methoxy groups -OCH3 is 1. The molecule has 0 aliphatic carbocycles. The van der Waals surface area contributed by atoms with E-state index < -0.39 is 0 Å². The van der Waals surface area contributed by atoms with Crippen LogP contribution < -0.4 is 4.74 Å². The fourth-order valence-electron chi connectivity index (χ4n) is 2.25. The summed E-state index contributed by atoms with van der Waals surface area (Å²) >= 11 is 3.32. The van der Waals surface area contributed by atoms with E-state index in [4.69, 9.17) is 13.9 Å². The highest BCUT2D eigenvalue weighted by Crippen LogP contribution is 2.33. The third kappa shape index (κ3) is 3.62. The second-order valence-corrected chi connectivity index (χ2v) is 5.54. The SMILES string of the molecule is CCN(CC)C(=O)c1cc(OCCOC)c2cc(Br)oc2c1. The molecular weight excluding hydrogens is 350 g/mol. The molecule has 6 heteroatoms. The quantitative estimate of drug-likeness (QED) is 0.698. The van der Waals surface area contributed by atoms with Gasteiger partial charge in [-0.2, -0.15) is 0 Å². The van der Waals surface area contributed by atoms with E-state index in [-0.39, 0.29) is 5.91 Å². The Labute approximate surface area is 138 Å². The Morgan fingerprint density at radius 2 is 1.95 bits per heavy atom. The summed E-state index contributed by atoms with van der Waals surface area (Å²) in [6, 6.07) is 5.35. The van der Waals surface area contributed by atoms with Gasteiger partial charge in [0, 0.05) is 31.8 Å². The molecular formula is C16H20BrNO4. The van der Waals surface area contributed by atoms with Crippen LogP contribution in [0.3, 0.4) is 0 Å². The van der Waals surface area contributed by atoms with Gasteiger partial charge in [-0.15, -0.1) is 0 Å². The maximum atomic E-state index is 12.5. The number of ether oxygens (including phenoxy) is 2. The number of carbonyl (C=O) groups excluding carboxylic acids is 1. The minimum absolute atomic E-state index is 0.0315. The van der Waals surface area contributed by atoms with E-state index in [1.165, 1.54) is 0 Å². The number of carbonyl (C=O) groups is 1. The fraction of sp³-hybridized carbons (Fsp3) is 0.438. The van der Waals surface area contributed by atoms with Crippen molar-refractivity contribution in [3.63, 3.8) is 0 Å². The average molecular weight is 370 g/mol. The lowest BCUT2D eigenvalue weighted by molar-refractivity contribution is 0.0772. The molecule has 0 fully saturated rings. The van der Waals surface area contributed by atoms with E-state index in [9.17, 15) is 4.79 Å². The highest BCUT2D eigenvalue weighted by Gasteiger charge is 2.17. The van der Waals surface area contributed by atoms with Gasteiger partial charge in [-0.25, -0.2) is 0 Å². The van der Waals surface area contributed by atoms with Crippen LogP contribution in [0.25, 0.3) is 11.0 Å². The van der Waals surface area contributed by atoms with Gasteiger partial charge in [-0.3, -0.25) is 4.79 Å². The van der Waals surface area contributed by atoms with Crippen molar-refractivity contribution >= 4 is 32.8 Å². The summed E-state index contributed by atoms with van der Waals surface area (Å²) < 4.78 is 16.9. The minimum Gasteiger partial charge on any atom is -0.490 e. The smallest absolute Gasteiger partial charge is 0.254 e. The van der Waals surface area contributed by atoms with Crippen LogP contribution in [-0.2, 0) is 4.74 Å². The molecule has 0 aliphatic heterocycles. The molecule has 0 radical (unpaired) electrons. The van der Waals surface area contributed by atoms with Crippen LogP contribution in [-0.4, -0.2) is 44.2 Å². The van der Waals surface area contributed by atoms with Crippen molar-refractivity contribution in [3.8, 4) is 5.75 Å². The van der Waals surface area contributed by atoms with Crippen LogP contribution in [0.4, 0.5) is 0 Å². The van der Waals surface area contributed by atoms with Crippen molar-refractivity contribution in [2.75, 3.05) is 33.4 Å². The van der Waals surface area contributed by atoms with E-state index in [2.05, 4.69) is 15.9 Å². The predicted molar refractivity (Wildman–Crippen MR) is 88.5 cm³/mol. The number of rotatable bonds is 7. The molecule has 5 nitrogen and oxygen atoms in total.